The fourth-order valence-electron chi connectivity index (χ4n) is 9.49. The van der Waals surface area contributed by atoms with Crippen molar-refractivity contribution in [2.24, 2.45) is 0 Å². The van der Waals surface area contributed by atoms with Crippen LogP contribution in [0.4, 0.5) is 0 Å². The SMILES string of the molecule is CC/C=C\C/C=C\C/C=C\C/C=C\C/C=C\C/C=C\C/C=C\CCCC(=O)OC(COC(=O)CCCCCCCCCCCCCC)COC(=O)CCCCCCCCCCCCCCCCCCCCCCCCCC. The van der Waals surface area contributed by atoms with Gasteiger partial charge in [0.25, 0.3) is 0 Å². The van der Waals surface area contributed by atoms with Crippen molar-refractivity contribution in [1.29, 1.82) is 0 Å². The maximum atomic E-state index is 12.9. The summed E-state index contributed by atoms with van der Waals surface area (Å²) in [5.74, 6) is -0.940. The molecule has 0 N–H and O–H groups in total. The highest BCUT2D eigenvalue weighted by Gasteiger charge is 2.19. The van der Waals surface area contributed by atoms with E-state index in [9.17, 15) is 14.4 Å². The molecule has 0 amide bonds. The summed E-state index contributed by atoms with van der Waals surface area (Å²) in [7, 11) is 0. The zero-order valence-electron chi connectivity index (χ0n) is 51.0. The average molecular weight is 1070 g/mol. The molecule has 0 aliphatic heterocycles. The van der Waals surface area contributed by atoms with E-state index in [0.717, 1.165) is 89.9 Å². The predicted octanol–water partition coefficient (Wildman–Crippen LogP) is 22.7. The summed E-state index contributed by atoms with van der Waals surface area (Å²) >= 11 is 0. The standard InChI is InChI=1S/C71H124O6/c1-4-7-10-13-16-19-22-25-27-29-31-33-35-37-38-40-42-44-46-49-52-55-58-61-64-70(73)76-67-68(66-75-69(72)63-60-57-54-51-48-24-21-18-15-12-9-6-3)77-71(74)65-62-59-56-53-50-47-45-43-41-39-36-34-32-30-28-26-23-20-17-14-11-8-5-2/h8,11,17,20,26,28,32,34,39,41,45,47,53,56,68H,4-7,9-10,12-16,18-19,21-25,27,29-31,33,35-38,40,42-44,46,48-52,54-55,57-67H2,1-3H3/b11-8-,20-17-,28-26-,34-32-,41-39-,47-45-,56-53-. The van der Waals surface area contributed by atoms with Crippen LogP contribution < -0.4 is 0 Å². The number of allylic oxidation sites excluding steroid dienone is 14. The van der Waals surface area contributed by atoms with E-state index in [0.29, 0.717) is 19.3 Å². The van der Waals surface area contributed by atoms with Gasteiger partial charge in [-0.2, -0.15) is 0 Å². The average Bonchev–Trinajstić information content (AvgIpc) is 3.43. The van der Waals surface area contributed by atoms with E-state index >= 15 is 0 Å². The summed E-state index contributed by atoms with van der Waals surface area (Å²) in [4.78, 5) is 38.3. The van der Waals surface area contributed by atoms with E-state index < -0.39 is 6.10 Å². The van der Waals surface area contributed by atoms with Crippen LogP contribution in [0.2, 0.25) is 0 Å². The lowest BCUT2D eigenvalue weighted by atomic mass is 10.0. The second kappa shape index (κ2) is 65.1. The van der Waals surface area contributed by atoms with Crippen molar-refractivity contribution in [3.05, 3.63) is 85.1 Å². The molecule has 6 nitrogen and oxygen atoms in total. The first-order valence-corrected chi connectivity index (χ1v) is 33.1. The van der Waals surface area contributed by atoms with Gasteiger partial charge >= 0.3 is 17.9 Å². The first-order chi connectivity index (χ1) is 38.0. The largest absolute Gasteiger partial charge is 0.462 e. The predicted molar refractivity (Wildman–Crippen MR) is 334 cm³/mol. The summed E-state index contributed by atoms with van der Waals surface area (Å²) in [6, 6.07) is 0. The highest BCUT2D eigenvalue weighted by atomic mass is 16.6. The zero-order valence-corrected chi connectivity index (χ0v) is 51.0. The van der Waals surface area contributed by atoms with Crippen molar-refractivity contribution in [3.63, 3.8) is 0 Å². The third-order valence-corrected chi connectivity index (χ3v) is 14.4. The topological polar surface area (TPSA) is 78.9 Å². The molecule has 0 fully saturated rings. The van der Waals surface area contributed by atoms with Crippen molar-refractivity contribution in [2.45, 2.75) is 335 Å². The molecule has 0 aromatic rings. The Kier molecular flexibility index (Phi) is 62.2. The van der Waals surface area contributed by atoms with E-state index in [4.69, 9.17) is 14.2 Å². The summed E-state index contributed by atoms with van der Waals surface area (Å²) in [6.45, 7) is 6.52. The Bertz CT molecular complexity index is 1470. The van der Waals surface area contributed by atoms with Crippen LogP contribution in [0.5, 0.6) is 0 Å². The van der Waals surface area contributed by atoms with Crippen LogP contribution in [0.15, 0.2) is 85.1 Å². The number of hydrogen-bond donors (Lipinski definition) is 0. The van der Waals surface area contributed by atoms with Crippen LogP contribution in [0, 0.1) is 0 Å². The molecule has 1 atom stereocenters. The van der Waals surface area contributed by atoms with Gasteiger partial charge < -0.3 is 14.2 Å². The van der Waals surface area contributed by atoms with Crippen LogP contribution in [0.1, 0.15) is 329 Å². The lowest BCUT2D eigenvalue weighted by Gasteiger charge is -2.18. The van der Waals surface area contributed by atoms with Gasteiger partial charge in [0.05, 0.1) is 0 Å². The Morgan fingerprint density at radius 3 is 0.779 bits per heavy atom. The van der Waals surface area contributed by atoms with E-state index in [1.54, 1.807) is 0 Å². The molecule has 6 heteroatoms. The fourth-order valence-corrected chi connectivity index (χ4v) is 9.49. The van der Waals surface area contributed by atoms with Crippen molar-refractivity contribution < 1.29 is 28.6 Å². The van der Waals surface area contributed by atoms with Gasteiger partial charge in [-0.1, -0.05) is 324 Å². The molecular weight excluding hydrogens is 949 g/mol. The van der Waals surface area contributed by atoms with E-state index in [1.165, 1.54) is 193 Å². The summed E-state index contributed by atoms with van der Waals surface area (Å²) in [6.07, 6.45) is 86.1. The molecule has 0 spiro atoms. The molecule has 0 aliphatic carbocycles. The molecule has 0 bridgehead atoms. The maximum Gasteiger partial charge on any atom is 0.306 e. The number of ether oxygens (including phenoxy) is 3. The van der Waals surface area contributed by atoms with E-state index in [1.807, 2.05) is 0 Å². The second-order valence-electron chi connectivity index (χ2n) is 22.0. The second-order valence-corrected chi connectivity index (χ2v) is 22.0. The minimum absolute atomic E-state index is 0.0955. The van der Waals surface area contributed by atoms with Crippen molar-refractivity contribution in [2.75, 3.05) is 13.2 Å². The van der Waals surface area contributed by atoms with Crippen molar-refractivity contribution in [1.82, 2.24) is 0 Å². The summed E-state index contributed by atoms with van der Waals surface area (Å²) < 4.78 is 16.9. The number of carbonyl (C=O) groups excluding carboxylic acids is 3. The Morgan fingerprint density at radius 1 is 0.273 bits per heavy atom. The lowest BCUT2D eigenvalue weighted by Crippen LogP contribution is -2.30. The molecule has 0 saturated heterocycles. The third-order valence-electron chi connectivity index (χ3n) is 14.4. The summed E-state index contributed by atoms with van der Waals surface area (Å²) in [5, 5.41) is 0. The Hall–Kier alpha value is -3.41. The molecule has 77 heavy (non-hydrogen) atoms. The van der Waals surface area contributed by atoms with Gasteiger partial charge in [0.1, 0.15) is 13.2 Å². The molecular formula is C71H124O6. The van der Waals surface area contributed by atoms with Crippen LogP contribution in [-0.2, 0) is 28.6 Å². The molecule has 0 heterocycles. The van der Waals surface area contributed by atoms with Crippen LogP contribution >= 0.6 is 0 Å². The van der Waals surface area contributed by atoms with Gasteiger partial charge in [-0.3, -0.25) is 14.4 Å². The minimum atomic E-state index is -0.805. The Labute approximate surface area is 477 Å². The van der Waals surface area contributed by atoms with Crippen molar-refractivity contribution >= 4 is 17.9 Å². The molecule has 0 aromatic heterocycles. The number of carbonyl (C=O) groups is 3. The monoisotopic (exact) mass is 1070 g/mol. The van der Waals surface area contributed by atoms with Gasteiger partial charge in [-0.05, 0) is 70.6 Å². The zero-order chi connectivity index (χ0) is 55.7. The van der Waals surface area contributed by atoms with E-state index in [2.05, 4.69) is 106 Å². The molecule has 0 saturated carbocycles. The first kappa shape index (κ1) is 73.6. The smallest absolute Gasteiger partial charge is 0.306 e. The van der Waals surface area contributed by atoms with Crippen molar-refractivity contribution in [3.8, 4) is 0 Å². The van der Waals surface area contributed by atoms with Gasteiger partial charge in [0.2, 0.25) is 0 Å². The normalized spacial score (nSPS) is 12.6. The number of rotatable bonds is 60. The molecule has 0 rings (SSSR count). The molecule has 0 radical (unpaired) electrons. The number of hydrogen-bond acceptors (Lipinski definition) is 6. The lowest BCUT2D eigenvalue weighted by molar-refractivity contribution is -0.167. The van der Waals surface area contributed by atoms with Gasteiger partial charge in [0, 0.05) is 19.3 Å². The summed E-state index contributed by atoms with van der Waals surface area (Å²) in [5.41, 5.74) is 0. The van der Waals surface area contributed by atoms with Crippen LogP contribution in [0.3, 0.4) is 0 Å². The Balaban J connectivity index is 4.36. The van der Waals surface area contributed by atoms with E-state index in [-0.39, 0.29) is 37.5 Å². The quantitative estimate of drug-likeness (QED) is 0.0261. The highest BCUT2D eigenvalue weighted by Crippen LogP contribution is 2.17. The number of esters is 3. The number of unbranched alkanes of at least 4 members (excludes halogenated alkanes) is 35. The Morgan fingerprint density at radius 2 is 0.506 bits per heavy atom. The first-order valence-electron chi connectivity index (χ1n) is 33.1. The third kappa shape index (κ3) is 63.3. The molecule has 0 aliphatic rings. The van der Waals surface area contributed by atoms with Crippen LogP contribution in [-0.4, -0.2) is 37.2 Å². The van der Waals surface area contributed by atoms with Gasteiger partial charge in [-0.15, -0.1) is 0 Å². The molecule has 1 unspecified atom stereocenters. The van der Waals surface area contributed by atoms with Gasteiger partial charge in [-0.25, -0.2) is 0 Å². The van der Waals surface area contributed by atoms with Gasteiger partial charge in [0.15, 0.2) is 6.10 Å². The van der Waals surface area contributed by atoms with Crippen LogP contribution in [0.25, 0.3) is 0 Å². The fraction of sp³-hybridized carbons (Fsp3) is 0.761. The minimum Gasteiger partial charge on any atom is -0.462 e. The molecule has 0 aromatic carbocycles. The highest BCUT2D eigenvalue weighted by molar-refractivity contribution is 5.71. The molecule has 444 valence electrons. The maximum absolute atomic E-state index is 12.9.